The maximum Gasteiger partial charge on any atom is 0.269 e. The lowest BCUT2D eigenvalue weighted by molar-refractivity contribution is -0.384. The van der Waals surface area contributed by atoms with Gasteiger partial charge in [-0.05, 0) is 77.9 Å². The number of benzene rings is 6. The minimum Gasteiger partial charge on any atom is -0.309 e. The van der Waals surface area contributed by atoms with Crippen molar-refractivity contribution in [1.29, 1.82) is 0 Å². The topological polar surface area (TPSA) is 65.9 Å². The Labute approximate surface area is 269 Å². The average molecular weight is 607 g/mol. The van der Waals surface area contributed by atoms with Crippen molar-refractivity contribution >= 4 is 49.3 Å². The summed E-state index contributed by atoms with van der Waals surface area (Å²) in [5.41, 5.74) is 9.50. The van der Waals surface area contributed by atoms with Gasteiger partial charge in [0.15, 0.2) is 0 Å². The Morgan fingerprint density at radius 3 is 1.83 bits per heavy atom. The molecule has 0 saturated heterocycles. The largest absolute Gasteiger partial charge is 0.309 e. The minimum atomic E-state index is -0.387. The van der Waals surface area contributed by atoms with Crippen LogP contribution < -0.4 is 0 Å². The van der Waals surface area contributed by atoms with E-state index in [1.807, 2.05) is 24.3 Å². The normalized spacial score (nSPS) is 11.6. The molecule has 0 radical (unpaired) electrons. The molecule has 0 N–H and O–H groups in total. The van der Waals surface area contributed by atoms with Crippen molar-refractivity contribution in [2.24, 2.45) is 0 Å². The van der Waals surface area contributed by atoms with Gasteiger partial charge in [-0.2, -0.15) is 0 Å². The predicted molar refractivity (Wildman–Crippen MR) is 190 cm³/mol. The van der Waals surface area contributed by atoms with E-state index >= 15 is 0 Å². The SMILES string of the molecule is O=[N+]([O-])c1ccc(-c2cccc(-n3c4ccccc4c4ccc(-c5ccc6c(c5)c5ccccc5n6-c5ccccc5)cc43)n2)cc1. The molecule has 3 aromatic heterocycles. The fourth-order valence-corrected chi connectivity index (χ4v) is 6.87. The lowest BCUT2D eigenvalue weighted by atomic mass is 10.0. The number of rotatable bonds is 5. The lowest BCUT2D eigenvalue weighted by Crippen LogP contribution is -1.98. The van der Waals surface area contributed by atoms with Crippen molar-refractivity contribution in [2.45, 2.75) is 0 Å². The number of hydrogen-bond acceptors (Lipinski definition) is 3. The number of para-hydroxylation sites is 3. The number of aromatic nitrogens is 3. The molecule has 0 spiro atoms. The monoisotopic (exact) mass is 606 g/mol. The third-order valence-corrected chi connectivity index (χ3v) is 9.03. The summed E-state index contributed by atoms with van der Waals surface area (Å²) < 4.78 is 4.54. The van der Waals surface area contributed by atoms with E-state index in [0.717, 1.165) is 55.7 Å². The summed E-state index contributed by atoms with van der Waals surface area (Å²) in [6, 6.07) is 53.4. The zero-order valence-corrected chi connectivity index (χ0v) is 25.1. The molecule has 222 valence electrons. The summed E-state index contributed by atoms with van der Waals surface area (Å²) in [5.74, 6) is 0.783. The van der Waals surface area contributed by atoms with Crippen molar-refractivity contribution < 1.29 is 4.92 Å². The van der Waals surface area contributed by atoms with Gasteiger partial charge in [0.1, 0.15) is 5.82 Å². The first-order valence-electron chi connectivity index (χ1n) is 15.5. The second kappa shape index (κ2) is 10.5. The van der Waals surface area contributed by atoms with Crippen molar-refractivity contribution in [1.82, 2.24) is 14.1 Å². The van der Waals surface area contributed by atoms with Crippen LogP contribution in [-0.2, 0) is 0 Å². The van der Waals surface area contributed by atoms with E-state index in [1.165, 1.54) is 33.9 Å². The van der Waals surface area contributed by atoms with Crippen LogP contribution in [0, 0.1) is 10.1 Å². The molecule has 0 atom stereocenters. The Kier molecular flexibility index (Phi) is 6.01. The van der Waals surface area contributed by atoms with Crippen molar-refractivity contribution in [3.63, 3.8) is 0 Å². The molecule has 6 heteroatoms. The van der Waals surface area contributed by atoms with Crippen LogP contribution in [0.4, 0.5) is 5.69 Å². The quantitative estimate of drug-likeness (QED) is 0.145. The van der Waals surface area contributed by atoms with E-state index in [4.69, 9.17) is 4.98 Å². The number of pyridine rings is 1. The summed E-state index contributed by atoms with van der Waals surface area (Å²) in [6.07, 6.45) is 0. The fourth-order valence-electron chi connectivity index (χ4n) is 6.87. The molecule has 0 amide bonds. The van der Waals surface area contributed by atoms with Gasteiger partial charge >= 0.3 is 0 Å². The molecule has 0 unspecified atom stereocenters. The number of nitro groups is 1. The van der Waals surface area contributed by atoms with Crippen LogP contribution in [0.25, 0.3) is 77.5 Å². The van der Waals surface area contributed by atoms with E-state index in [-0.39, 0.29) is 10.6 Å². The van der Waals surface area contributed by atoms with E-state index < -0.39 is 0 Å². The molecule has 0 aliphatic carbocycles. The van der Waals surface area contributed by atoms with Crippen LogP contribution in [0.2, 0.25) is 0 Å². The molecule has 0 aliphatic rings. The summed E-state index contributed by atoms with van der Waals surface area (Å²) in [6.45, 7) is 0. The highest BCUT2D eigenvalue weighted by Crippen LogP contribution is 2.38. The van der Waals surface area contributed by atoms with Crippen molar-refractivity contribution in [3.8, 4) is 33.9 Å². The average Bonchev–Trinajstić information content (AvgIpc) is 3.64. The van der Waals surface area contributed by atoms with E-state index in [0.29, 0.717) is 0 Å². The molecule has 9 aromatic rings. The highest BCUT2D eigenvalue weighted by Gasteiger charge is 2.17. The van der Waals surface area contributed by atoms with Crippen molar-refractivity contribution in [3.05, 3.63) is 168 Å². The van der Waals surface area contributed by atoms with Gasteiger partial charge < -0.3 is 4.57 Å². The molecule has 6 aromatic carbocycles. The standard InChI is InChI=1S/C41H26N4O2/c46-45(47)31-21-17-27(18-22-31)36-13-8-16-41(42-36)44-38-15-7-4-11-32(38)34-23-19-29(26-40(34)44)28-20-24-39-35(25-28)33-12-5-6-14-37(33)43(39)30-9-2-1-3-10-30/h1-26H. The maximum absolute atomic E-state index is 11.2. The number of fused-ring (bicyclic) bond motifs is 6. The number of nitrogens with zero attached hydrogens (tertiary/aromatic N) is 4. The Bertz CT molecular complexity index is 2650. The molecule has 0 aliphatic heterocycles. The Morgan fingerprint density at radius 1 is 0.468 bits per heavy atom. The fraction of sp³-hybridized carbons (Fsp3) is 0. The zero-order chi connectivity index (χ0) is 31.5. The highest BCUT2D eigenvalue weighted by atomic mass is 16.6. The molecule has 0 fully saturated rings. The van der Waals surface area contributed by atoms with Gasteiger partial charge in [-0.3, -0.25) is 14.7 Å². The second-order valence-electron chi connectivity index (χ2n) is 11.7. The third kappa shape index (κ3) is 4.30. The zero-order valence-electron chi connectivity index (χ0n) is 25.1. The Morgan fingerprint density at radius 2 is 1.06 bits per heavy atom. The third-order valence-electron chi connectivity index (χ3n) is 9.03. The Balaban J connectivity index is 1.22. The lowest BCUT2D eigenvalue weighted by Gasteiger charge is -2.11. The van der Waals surface area contributed by atoms with Crippen LogP contribution in [0.5, 0.6) is 0 Å². The van der Waals surface area contributed by atoms with Gasteiger partial charge in [-0.25, -0.2) is 4.98 Å². The molecule has 47 heavy (non-hydrogen) atoms. The number of non-ortho nitro benzene ring substituents is 1. The maximum atomic E-state index is 11.2. The van der Waals surface area contributed by atoms with Gasteiger partial charge in [0, 0.05) is 44.9 Å². The van der Waals surface area contributed by atoms with E-state index in [9.17, 15) is 10.1 Å². The predicted octanol–water partition coefficient (Wildman–Crippen LogP) is 10.5. The first-order valence-corrected chi connectivity index (χ1v) is 15.5. The van der Waals surface area contributed by atoms with Crippen LogP contribution >= 0.6 is 0 Å². The highest BCUT2D eigenvalue weighted by molar-refractivity contribution is 6.12. The van der Waals surface area contributed by atoms with Crippen LogP contribution in [0.15, 0.2) is 158 Å². The molecule has 0 saturated carbocycles. The molecule has 6 nitrogen and oxygen atoms in total. The van der Waals surface area contributed by atoms with Crippen LogP contribution in [0.3, 0.4) is 0 Å². The first-order chi connectivity index (χ1) is 23.1. The number of nitro benzene ring substituents is 1. The molecular weight excluding hydrogens is 580 g/mol. The molecular formula is C41H26N4O2. The summed E-state index contributed by atoms with van der Waals surface area (Å²) in [4.78, 5) is 15.9. The van der Waals surface area contributed by atoms with Gasteiger partial charge in [0.25, 0.3) is 5.69 Å². The second-order valence-corrected chi connectivity index (χ2v) is 11.7. The Hall–Kier alpha value is -6.53. The molecule has 9 rings (SSSR count). The van der Waals surface area contributed by atoms with Gasteiger partial charge in [-0.1, -0.05) is 78.9 Å². The smallest absolute Gasteiger partial charge is 0.269 e. The summed E-state index contributed by atoms with van der Waals surface area (Å²) in [7, 11) is 0. The summed E-state index contributed by atoms with van der Waals surface area (Å²) >= 11 is 0. The van der Waals surface area contributed by atoms with Crippen molar-refractivity contribution in [2.75, 3.05) is 0 Å². The van der Waals surface area contributed by atoms with Gasteiger partial charge in [0.05, 0.1) is 32.7 Å². The van der Waals surface area contributed by atoms with E-state index in [1.54, 1.807) is 12.1 Å². The summed E-state index contributed by atoms with van der Waals surface area (Å²) in [5, 5.41) is 15.9. The molecule has 0 bridgehead atoms. The minimum absolute atomic E-state index is 0.0580. The number of hydrogen-bond donors (Lipinski definition) is 0. The van der Waals surface area contributed by atoms with E-state index in [2.05, 4.69) is 118 Å². The van der Waals surface area contributed by atoms with Gasteiger partial charge in [0.2, 0.25) is 0 Å². The van der Waals surface area contributed by atoms with Crippen LogP contribution in [0.1, 0.15) is 0 Å². The molecule has 3 heterocycles. The van der Waals surface area contributed by atoms with Gasteiger partial charge in [-0.15, -0.1) is 0 Å². The first kappa shape index (κ1) is 26.8. The van der Waals surface area contributed by atoms with Crippen LogP contribution in [-0.4, -0.2) is 19.0 Å².